The van der Waals surface area contributed by atoms with E-state index < -0.39 is 0 Å². The van der Waals surface area contributed by atoms with E-state index in [0.717, 1.165) is 22.1 Å². The van der Waals surface area contributed by atoms with Crippen LogP contribution in [0.25, 0.3) is 0 Å². The van der Waals surface area contributed by atoms with E-state index in [4.69, 9.17) is 0 Å². The Hall–Kier alpha value is -1.95. The van der Waals surface area contributed by atoms with Gasteiger partial charge in [-0.15, -0.1) is 0 Å². The summed E-state index contributed by atoms with van der Waals surface area (Å²) in [4.78, 5) is 39.5. The molecule has 1 aromatic rings. The molecule has 1 saturated heterocycles. The molecule has 3 fully saturated rings. The fraction of sp³-hybridized carbons (Fsp3) is 0.476. The Balaban J connectivity index is 1.25. The standard InChI is InChI=1S/C21H21BrN2O3/c1-10-8-11(22)2-5-16(10)23-17(25)6-7-24-20(26)18-12-3-4-13(15-9-14(12)15)19(18)21(24)27/h2-5,8,12-15,18-19H,6-7,9H2,1H3,(H,23,25)/t12-,13-,14-,15-,18-,19+/m1/s1. The van der Waals surface area contributed by atoms with Gasteiger partial charge in [0.25, 0.3) is 0 Å². The fourth-order valence-corrected chi connectivity index (χ4v) is 5.91. The number of nitrogens with zero attached hydrogens (tertiary/aromatic N) is 1. The van der Waals surface area contributed by atoms with E-state index in [1.54, 1.807) is 0 Å². The highest BCUT2D eigenvalue weighted by atomic mass is 79.9. The van der Waals surface area contributed by atoms with E-state index in [0.29, 0.717) is 11.8 Å². The van der Waals surface area contributed by atoms with Crippen molar-refractivity contribution >= 4 is 39.3 Å². The van der Waals surface area contributed by atoms with Crippen molar-refractivity contribution in [2.45, 2.75) is 19.8 Å². The highest BCUT2D eigenvalue weighted by Crippen LogP contribution is 2.65. The first-order valence-electron chi connectivity index (χ1n) is 9.55. The molecule has 27 heavy (non-hydrogen) atoms. The lowest BCUT2D eigenvalue weighted by Crippen LogP contribution is -2.40. The van der Waals surface area contributed by atoms with E-state index in [9.17, 15) is 14.4 Å². The molecule has 2 bridgehead atoms. The number of rotatable bonds is 4. The number of aryl methyl sites for hydroxylation is 1. The molecule has 3 amide bonds. The number of imide groups is 1. The maximum atomic E-state index is 12.9. The van der Waals surface area contributed by atoms with Gasteiger partial charge < -0.3 is 5.32 Å². The number of carbonyl (C=O) groups excluding carboxylic acids is 3. The van der Waals surface area contributed by atoms with Crippen LogP contribution in [-0.4, -0.2) is 29.2 Å². The number of hydrogen-bond acceptors (Lipinski definition) is 3. The number of nitrogens with one attached hydrogen (secondary N) is 1. The summed E-state index contributed by atoms with van der Waals surface area (Å²) in [5.41, 5.74) is 1.71. The molecule has 1 N–H and O–H groups in total. The highest BCUT2D eigenvalue weighted by Gasteiger charge is 2.66. The number of amides is 3. The largest absolute Gasteiger partial charge is 0.326 e. The number of likely N-dealkylation sites (tertiary alicyclic amines) is 1. The van der Waals surface area contributed by atoms with E-state index in [2.05, 4.69) is 33.4 Å². The Morgan fingerprint density at radius 1 is 1.15 bits per heavy atom. The van der Waals surface area contributed by atoms with Gasteiger partial charge in [0.2, 0.25) is 17.7 Å². The van der Waals surface area contributed by atoms with Gasteiger partial charge in [-0.2, -0.15) is 0 Å². The highest BCUT2D eigenvalue weighted by molar-refractivity contribution is 9.10. The van der Waals surface area contributed by atoms with Crippen LogP contribution in [-0.2, 0) is 14.4 Å². The van der Waals surface area contributed by atoms with Crippen LogP contribution >= 0.6 is 15.9 Å². The molecule has 5 aliphatic rings. The van der Waals surface area contributed by atoms with Gasteiger partial charge in [-0.1, -0.05) is 28.1 Å². The summed E-state index contributed by atoms with van der Waals surface area (Å²) < 4.78 is 0.954. The second-order valence-corrected chi connectivity index (χ2v) is 9.16. The minimum absolute atomic E-state index is 0.0673. The Labute approximate surface area is 166 Å². The van der Waals surface area contributed by atoms with Gasteiger partial charge in [-0.25, -0.2) is 0 Å². The molecule has 1 aliphatic heterocycles. The minimum atomic E-state index is -0.187. The maximum Gasteiger partial charge on any atom is 0.233 e. The van der Waals surface area contributed by atoms with Crippen LogP contribution in [0.4, 0.5) is 5.69 Å². The van der Waals surface area contributed by atoms with Gasteiger partial charge in [-0.05, 0) is 60.8 Å². The van der Waals surface area contributed by atoms with Crippen molar-refractivity contribution in [3.05, 3.63) is 40.4 Å². The van der Waals surface area contributed by atoms with Crippen LogP contribution in [0.15, 0.2) is 34.8 Å². The molecule has 0 spiro atoms. The lowest BCUT2D eigenvalue weighted by atomic mass is 9.63. The molecule has 6 heteroatoms. The molecule has 0 radical (unpaired) electrons. The first-order chi connectivity index (χ1) is 13.0. The zero-order chi connectivity index (χ0) is 18.9. The van der Waals surface area contributed by atoms with Gasteiger partial charge in [0.1, 0.15) is 0 Å². The first kappa shape index (κ1) is 17.2. The van der Waals surface area contributed by atoms with Crippen molar-refractivity contribution in [2.75, 3.05) is 11.9 Å². The summed E-state index contributed by atoms with van der Waals surface area (Å²) in [6.45, 7) is 2.09. The summed E-state index contributed by atoms with van der Waals surface area (Å²) in [5, 5.41) is 2.88. The SMILES string of the molecule is Cc1cc(Br)ccc1NC(=O)CCN1C(=O)[C@@H]2[C@@H]3C=C[C@H]([C@H]4C[C@H]34)[C@@H]2C1=O. The smallest absolute Gasteiger partial charge is 0.233 e. The molecule has 1 heterocycles. The first-order valence-corrected chi connectivity index (χ1v) is 10.3. The zero-order valence-electron chi connectivity index (χ0n) is 15.0. The predicted molar refractivity (Wildman–Crippen MR) is 104 cm³/mol. The maximum absolute atomic E-state index is 12.9. The predicted octanol–water partition coefficient (Wildman–Crippen LogP) is 3.14. The molecule has 1 aromatic carbocycles. The summed E-state index contributed by atoms with van der Waals surface area (Å²) in [7, 11) is 0. The van der Waals surface area contributed by atoms with Crippen molar-refractivity contribution in [2.24, 2.45) is 35.5 Å². The third kappa shape index (κ3) is 2.60. The zero-order valence-corrected chi connectivity index (χ0v) is 16.6. The number of carbonyl (C=O) groups is 3. The Kier molecular flexibility index (Phi) is 3.83. The number of benzene rings is 1. The Morgan fingerprint density at radius 3 is 2.37 bits per heavy atom. The Morgan fingerprint density at radius 2 is 1.78 bits per heavy atom. The number of anilines is 1. The average molecular weight is 429 g/mol. The molecule has 2 saturated carbocycles. The lowest BCUT2D eigenvalue weighted by Gasteiger charge is -2.37. The normalized spacial score (nSPS) is 35.3. The van der Waals surface area contributed by atoms with Crippen LogP contribution in [0.5, 0.6) is 0 Å². The van der Waals surface area contributed by atoms with Crippen molar-refractivity contribution in [3.8, 4) is 0 Å². The molecule has 0 aromatic heterocycles. The quantitative estimate of drug-likeness (QED) is 0.591. The van der Waals surface area contributed by atoms with Gasteiger partial charge in [-0.3, -0.25) is 19.3 Å². The van der Waals surface area contributed by atoms with E-state index in [1.165, 1.54) is 4.90 Å². The van der Waals surface area contributed by atoms with Crippen molar-refractivity contribution in [1.82, 2.24) is 4.90 Å². The number of halogens is 1. The molecule has 140 valence electrons. The third-order valence-corrected chi connectivity index (χ3v) is 7.27. The van der Waals surface area contributed by atoms with Crippen molar-refractivity contribution in [1.29, 1.82) is 0 Å². The topological polar surface area (TPSA) is 66.5 Å². The minimum Gasteiger partial charge on any atom is -0.326 e. The van der Waals surface area contributed by atoms with E-state index in [-0.39, 0.29) is 54.4 Å². The third-order valence-electron chi connectivity index (χ3n) is 6.78. The van der Waals surface area contributed by atoms with Gasteiger partial charge in [0, 0.05) is 23.1 Å². The van der Waals surface area contributed by atoms with Crippen LogP contribution in [0, 0.1) is 42.4 Å². The monoisotopic (exact) mass is 428 g/mol. The van der Waals surface area contributed by atoms with Crippen LogP contribution in [0.1, 0.15) is 18.4 Å². The number of hydrogen-bond donors (Lipinski definition) is 1. The lowest BCUT2D eigenvalue weighted by molar-refractivity contribution is -0.140. The second-order valence-electron chi connectivity index (χ2n) is 8.24. The van der Waals surface area contributed by atoms with Gasteiger partial charge >= 0.3 is 0 Å². The van der Waals surface area contributed by atoms with Crippen LogP contribution in [0.2, 0.25) is 0 Å². The van der Waals surface area contributed by atoms with Gasteiger partial charge in [0.05, 0.1) is 11.8 Å². The molecule has 4 aliphatic carbocycles. The summed E-state index contributed by atoms with van der Waals surface area (Å²) >= 11 is 3.40. The van der Waals surface area contributed by atoms with E-state index >= 15 is 0 Å². The molecule has 5 nitrogen and oxygen atoms in total. The van der Waals surface area contributed by atoms with Crippen molar-refractivity contribution in [3.63, 3.8) is 0 Å². The summed E-state index contributed by atoms with van der Waals surface area (Å²) in [6, 6.07) is 5.64. The fourth-order valence-electron chi connectivity index (χ4n) is 5.43. The average Bonchev–Trinajstić information content (AvgIpc) is 3.41. The van der Waals surface area contributed by atoms with Gasteiger partial charge in [0.15, 0.2) is 0 Å². The van der Waals surface area contributed by atoms with E-state index in [1.807, 2.05) is 25.1 Å². The van der Waals surface area contributed by atoms with Crippen LogP contribution in [0.3, 0.4) is 0 Å². The second kappa shape index (κ2) is 6.03. The summed E-state index contributed by atoms with van der Waals surface area (Å²) in [6.07, 6.45) is 5.61. The van der Waals surface area contributed by atoms with Crippen LogP contribution < -0.4 is 5.32 Å². The number of allylic oxidation sites excluding steroid dienone is 2. The summed E-state index contributed by atoms with van der Waals surface area (Å²) in [5.74, 6) is 0.963. The Bertz CT molecular complexity index is 859. The van der Waals surface area contributed by atoms with Crippen molar-refractivity contribution < 1.29 is 14.4 Å². The molecular formula is C21H21BrN2O3. The molecular weight excluding hydrogens is 408 g/mol. The molecule has 6 rings (SSSR count). The molecule has 6 atom stereocenters. The molecule has 0 unspecified atom stereocenters.